The standard InChI is InChI=1S/C13H23Cl2NO2/c14-11-5-9(13(18)6-12(11)15)7-16-4-2-1-3-10(16)8-17/h9-13,17-18H,1-8H2. The topological polar surface area (TPSA) is 43.7 Å². The van der Waals surface area contributed by atoms with Crippen molar-refractivity contribution in [3.05, 3.63) is 0 Å². The van der Waals surface area contributed by atoms with E-state index in [2.05, 4.69) is 4.90 Å². The van der Waals surface area contributed by atoms with Crippen LogP contribution in [0.15, 0.2) is 0 Å². The van der Waals surface area contributed by atoms with Gasteiger partial charge in [-0.2, -0.15) is 0 Å². The Bertz CT molecular complexity index is 267. The van der Waals surface area contributed by atoms with E-state index >= 15 is 0 Å². The van der Waals surface area contributed by atoms with Crippen LogP contribution in [-0.2, 0) is 0 Å². The Balaban J connectivity index is 1.91. The average molecular weight is 296 g/mol. The minimum Gasteiger partial charge on any atom is -0.395 e. The van der Waals surface area contributed by atoms with Gasteiger partial charge in [-0.15, -0.1) is 23.2 Å². The fourth-order valence-corrected chi connectivity index (χ4v) is 3.79. The normalized spacial score (nSPS) is 43.0. The van der Waals surface area contributed by atoms with Gasteiger partial charge in [0.05, 0.1) is 23.5 Å². The molecule has 1 saturated carbocycles. The fraction of sp³-hybridized carbons (Fsp3) is 1.00. The molecule has 2 fully saturated rings. The minimum absolute atomic E-state index is 0.0440. The van der Waals surface area contributed by atoms with Crippen LogP contribution < -0.4 is 0 Å². The molecule has 0 aromatic heterocycles. The van der Waals surface area contributed by atoms with Gasteiger partial charge in [-0.1, -0.05) is 6.42 Å². The van der Waals surface area contributed by atoms with E-state index in [1.54, 1.807) is 0 Å². The van der Waals surface area contributed by atoms with Crippen LogP contribution in [0.2, 0.25) is 0 Å². The van der Waals surface area contributed by atoms with Gasteiger partial charge in [0.2, 0.25) is 0 Å². The van der Waals surface area contributed by atoms with Gasteiger partial charge in [0.15, 0.2) is 0 Å². The number of aliphatic hydroxyl groups is 2. The molecule has 1 saturated heterocycles. The number of rotatable bonds is 3. The molecule has 0 aromatic rings. The van der Waals surface area contributed by atoms with E-state index in [0.29, 0.717) is 6.42 Å². The maximum absolute atomic E-state index is 10.1. The number of alkyl halides is 2. The Morgan fingerprint density at radius 1 is 1.11 bits per heavy atom. The first-order chi connectivity index (χ1) is 8.61. The molecule has 5 atom stereocenters. The van der Waals surface area contributed by atoms with Crippen molar-refractivity contribution in [3.63, 3.8) is 0 Å². The van der Waals surface area contributed by atoms with Crippen LogP contribution in [0.1, 0.15) is 32.1 Å². The third kappa shape index (κ3) is 3.51. The molecule has 18 heavy (non-hydrogen) atoms. The van der Waals surface area contributed by atoms with Crippen LogP contribution in [0.5, 0.6) is 0 Å². The molecule has 1 aliphatic heterocycles. The Morgan fingerprint density at radius 2 is 1.83 bits per heavy atom. The van der Waals surface area contributed by atoms with Crippen molar-refractivity contribution < 1.29 is 10.2 Å². The molecular formula is C13H23Cl2NO2. The Kier molecular flexibility index (Phi) is 5.58. The highest BCUT2D eigenvalue weighted by molar-refractivity contribution is 6.30. The summed E-state index contributed by atoms with van der Waals surface area (Å²) in [5.74, 6) is 0.189. The molecule has 3 nitrogen and oxygen atoms in total. The molecule has 2 N–H and O–H groups in total. The largest absolute Gasteiger partial charge is 0.395 e. The smallest absolute Gasteiger partial charge is 0.0595 e. The van der Waals surface area contributed by atoms with E-state index < -0.39 is 0 Å². The number of aliphatic hydroxyl groups excluding tert-OH is 2. The summed E-state index contributed by atoms with van der Waals surface area (Å²) in [6.07, 6.45) is 4.42. The maximum atomic E-state index is 10.1. The number of hydrogen-bond donors (Lipinski definition) is 2. The molecule has 106 valence electrons. The molecule has 1 aliphatic carbocycles. The second kappa shape index (κ2) is 6.76. The molecule has 2 aliphatic rings. The van der Waals surface area contributed by atoms with Crippen molar-refractivity contribution in [1.82, 2.24) is 4.90 Å². The maximum Gasteiger partial charge on any atom is 0.0595 e. The molecule has 0 bridgehead atoms. The van der Waals surface area contributed by atoms with E-state index in [4.69, 9.17) is 23.2 Å². The van der Waals surface area contributed by atoms with Gasteiger partial charge in [0, 0.05) is 12.6 Å². The second-order valence-electron chi connectivity index (χ2n) is 5.66. The van der Waals surface area contributed by atoms with Crippen molar-refractivity contribution in [1.29, 1.82) is 0 Å². The summed E-state index contributed by atoms with van der Waals surface area (Å²) < 4.78 is 0. The number of piperidine rings is 1. The zero-order valence-electron chi connectivity index (χ0n) is 10.6. The first kappa shape index (κ1) is 14.9. The van der Waals surface area contributed by atoms with E-state index in [-0.39, 0.29) is 35.4 Å². The summed E-state index contributed by atoms with van der Waals surface area (Å²) in [5, 5.41) is 19.4. The van der Waals surface area contributed by atoms with Crippen molar-refractivity contribution in [2.75, 3.05) is 19.7 Å². The van der Waals surface area contributed by atoms with Crippen molar-refractivity contribution in [3.8, 4) is 0 Å². The van der Waals surface area contributed by atoms with Gasteiger partial charge in [-0.3, -0.25) is 4.90 Å². The van der Waals surface area contributed by atoms with E-state index in [1.165, 1.54) is 12.8 Å². The first-order valence-corrected chi connectivity index (χ1v) is 7.80. The molecule has 0 radical (unpaired) electrons. The lowest BCUT2D eigenvalue weighted by Gasteiger charge is -2.41. The van der Waals surface area contributed by atoms with Crippen LogP contribution in [-0.4, -0.2) is 57.7 Å². The molecule has 5 unspecified atom stereocenters. The summed E-state index contributed by atoms with van der Waals surface area (Å²) in [6.45, 7) is 2.07. The quantitative estimate of drug-likeness (QED) is 0.781. The summed E-state index contributed by atoms with van der Waals surface area (Å²) in [4.78, 5) is 2.32. The van der Waals surface area contributed by atoms with E-state index in [1.807, 2.05) is 0 Å². The molecule has 1 heterocycles. The third-order valence-electron chi connectivity index (χ3n) is 4.36. The Morgan fingerprint density at radius 3 is 2.56 bits per heavy atom. The van der Waals surface area contributed by atoms with E-state index in [9.17, 15) is 10.2 Å². The van der Waals surface area contributed by atoms with Crippen LogP contribution in [0.25, 0.3) is 0 Å². The Labute approximate surface area is 119 Å². The zero-order chi connectivity index (χ0) is 13.1. The van der Waals surface area contributed by atoms with Crippen LogP contribution >= 0.6 is 23.2 Å². The predicted molar refractivity (Wildman–Crippen MR) is 74.3 cm³/mol. The molecule has 0 spiro atoms. The van der Waals surface area contributed by atoms with Gasteiger partial charge in [0.25, 0.3) is 0 Å². The SMILES string of the molecule is OCC1CCCCN1CC1CC(Cl)C(Cl)CC1O. The van der Waals surface area contributed by atoms with Crippen LogP contribution in [0.3, 0.4) is 0 Å². The molecule has 0 amide bonds. The highest BCUT2D eigenvalue weighted by Gasteiger charge is 2.36. The lowest BCUT2D eigenvalue weighted by molar-refractivity contribution is 0.0174. The highest BCUT2D eigenvalue weighted by Crippen LogP contribution is 2.33. The van der Waals surface area contributed by atoms with Crippen LogP contribution in [0.4, 0.5) is 0 Å². The lowest BCUT2D eigenvalue weighted by atomic mass is 9.84. The number of nitrogens with zero attached hydrogens (tertiary/aromatic N) is 1. The minimum atomic E-state index is -0.358. The van der Waals surface area contributed by atoms with Crippen molar-refractivity contribution in [2.24, 2.45) is 5.92 Å². The van der Waals surface area contributed by atoms with Gasteiger partial charge in [-0.25, -0.2) is 0 Å². The molecule has 5 heteroatoms. The summed E-state index contributed by atoms with van der Waals surface area (Å²) in [5.41, 5.74) is 0. The zero-order valence-corrected chi connectivity index (χ0v) is 12.2. The highest BCUT2D eigenvalue weighted by atomic mass is 35.5. The molecule has 2 rings (SSSR count). The third-order valence-corrected chi connectivity index (χ3v) is 5.45. The van der Waals surface area contributed by atoms with Crippen molar-refractivity contribution in [2.45, 2.75) is 55.0 Å². The van der Waals surface area contributed by atoms with Gasteiger partial charge in [0.1, 0.15) is 0 Å². The number of likely N-dealkylation sites (tertiary alicyclic amines) is 1. The Hall–Kier alpha value is 0.460. The van der Waals surface area contributed by atoms with Gasteiger partial charge in [-0.05, 0) is 38.1 Å². The molecule has 0 aromatic carbocycles. The fourth-order valence-electron chi connectivity index (χ4n) is 3.17. The molecular weight excluding hydrogens is 273 g/mol. The summed E-state index contributed by atoms with van der Waals surface area (Å²) in [7, 11) is 0. The van der Waals surface area contributed by atoms with Gasteiger partial charge >= 0.3 is 0 Å². The summed E-state index contributed by atoms with van der Waals surface area (Å²) in [6, 6.07) is 0.258. The van der Waals surface area contributed by atoms with Crippen molar-refractivity contribution >= 4 is 23.2 Å². The first-order valence-electron chi connectivity index (χ1n) is 6.93. The second-order valence-corrected chi connectivity index (χ2v) is 6.78. The van der Waals surface area contributed by atoms with Gasteiger partial charge < -0.3 is 10.2 Å². The average Bonchev–Trinajstić information content (AvgIpc) is 2.36. The monoisotopic (exact) mass is 295 g/mol. The lowest BCUT2D eigenvalue weighted by Crippen LogP contribution is -2.48. The summed E-state index contributed by atoms with van der Waals surface area (Å²) >= 11 is 12.3. The van der Waals surface area contributed by atoms with Crippen LogP contribution in [0, 0.1) is 5.92 Å². The number of hydrogen-bond acceptors (Lipinski definition) is 3. The number of halogens is 2. The van der Waals surface area contributed by atoms with E-state index in [0.717, 1.165) is 25.9 Å². The predicted octanol–water partition coefficient (Wildman–Crippen LogP) is 1.82.